The first-order valence-electron chi connectivity index (χ1n) is 12.8. The van der Waals surface area contributed by atoms with E-state index in [-0.39, 0.29) is 23.7 Å². The number of alkyl halides is 3. The first-order valence-corrected chi connectivity index (χ1v) is 12.8. The number of rotatable bonds is 8. The highest BCUT2D eigenvalue weighted by atomic mass is 19.4. The third kappa shape index (κ3) is 6.83. The number of likely N-dealkylation sites (tertiary alicyclic amines) is 1. The van der Waals surface area contributed by atoms with Crippen molar-refractivity contribution in [2.75, 3.05) is 26.2 Å². The summed E-state index contributed by atoms with van der Waals surface area (Å²) in [7, 11) is 0. The molecule has 1 amide bonds. The van der Waals surface area contributed by atoms with Crippen LogP contribution >= 0.6 is 0 Å². The van der Waals surface area contributed by atoms with Crippen LogP contribution in [0.3, 0.4) is 0 Å². The average Bonchev–Trinajstić information content (AvgIpc) is 3.43. The molecular formula is C30H35F3N2O2. The van der Waals surface area contributed by atoms with Crippen molar-refractivity contribution in [1.82, 2.24) is 9.80 Å². The van der Waals surface area contributed by atoms with Crippen molar-refractivity contribution in [3.05, 3.63) is 94.4 Å². The Balaban J connectivity index is 1.62. The Labute approximate surface area is 217 Å². The maximum Gasteiger partial charge on any atom is 0.416 e. The molecule has 4 nitrogen and oxygen atoms in total. The van der Waals surface area contributed by atoms with Crippen molar-refractivity contribution < 1.29 is 22.4 Å². The van der Waals surface area contributed by atoms with Crippen molar-refractivity contribution in [1.29, 1.82) is 0 Å². The van der Waals surface area contributed by atoms with Gasteiger partial charge in [-0.2, -0.15) is 13.2 Å². The number of furan rings is 1. The van der Waals surface area contributed by atoms with E-state index >= 15 is 0 Å². The highest BCUT2D eigenvalue weighted by molar-refractivity contribution is 5.94. The summed E-state index contributed by atoms with van der Waals surface area (Å²) in [6.07, 6.45) is -4.40. The monoisotopic (exact) mass is 512 g/mol. The Bertz CT molecular complexity index is 1200. The lowest BCUT2D eigenvalue weighted by atomic mass is 9.87. The predicted octanol–water partition coefficient (Wildman–Crippen LogP) is 6.93. The van der Waals surface area contributed by atoms with E-state index in [0.717, 1.165) is 23.2 Å². The summed E-state index contributed by atoms with van der Waals surface area (Å²) in [6, 6.07) is 17.0. The van der Waals surface area contributed by atoms with Gasteiger partial charge in [0.1, 0.15) is 11.5 Å². The second-order valence-electron chi connectivity index (χ2n) is 10.7. The van der Waals surface area contributed by atoms with Gasteiger partial charge in [-0.05, 0) is 61.6 Å². The largest absolute Gasteiger partial charge is 0.465 e. The second-order valence-corrected chi connectivity index (χ2v) is 10.7. The molecule has 0 aliphatic carbocycles. The first-order chi connectivity index (χ1) is 17.5. The number of carbonyl (C=O) groups is 1. The topological polar surface area (TPSA) is 36.7 Å². The third-order valence-electron chi connectivity index (χ3n) is 6.96. The fourth-order valence-corrected chi connectivity index (χ4v) is 5.23. The standard InChI is InChI=1S/C30H35F3N2O2/c1-20(2)15-35(29(36)23-11-8-21(3)9-12-23)17-25-16-34(18-27-13-10-22(4)37-27)19-28(25)24-6-5-7-26(14-24)30(31,32)33/h5-14,20,25,28H,15-19H2,1-4H3/t25-,28-/m1/s1. The molecule has 0 radical (unpaired) electrons. The van der Waals surface area contributed by atoms with Crippen molar-refractivity contribution in [3.8, 4) is 0 Å². The number of halogens is 3. The number of carbonyl (C=O) groups excluding carboxylic acids is 1. The fourth-order valence-electron chi connectivity index (χ4n) is 5.23. The maximum absolute atomic E-state index is 13.5. The molecule has 2 heterocycles. The molecular weight excluding hydrogens is 477 g/mol. The SMILES string of the molecule is Cc1ccc(C(=O)N(CC(C)C)C[C@H]2CN(Cc3ccc(C)o3)C[C@@H]2c2cccc(C(F)(F)F)c2)cc1. The molecule has 4 rings (SSSR count). The Morgan fingerprint density at radius 2 is 1.78 bits per heavy atom. The number of benzene rings is 2. The van der Waals surface area contributed by atoms with Crippen molar-refractivity contribution >= 4 is 5.91 Å². The molecule has 0 spiro atoms. The summed E-state index contributed by atoms with van der Waals surface area (Å²) in [6.45, 7) is 10.9. The lowest BCUT2D eigenvalue weighted by Crippen LogP contribution is -2.39. The molecule has 1 aliphatic heterocycles. The van der Waals surface area contributed by atoms with Crippen LogP contribution in [0.1, 0.15) is 58.3 Å². The van der Waals surface area contributed by atoms with Gasteiger partial charge in [0.15, 0.2) is 0 Å². The van der Waals surface area contributed by atoms with E-state index in [9.17, 15) is 18.0 Å². The molecule has 1 fully saturated rings. The molecule has 2 aromatic carbocycles. The quantitative estimate of drug-likeness (QED) is 0.328. The van der Waals surface area contributed by atoms with E-state index in [1.165, 1.54) is 12.1 Å². The predicted molar refractivity (Wildman–Crippen MR) is 138 cm³/mol. The van der Waals surface area contributed by atoms with Gasteiger partial charge >= 0.3 is 6.18 Å². The molecule has 37 heavy (non-hydrogen) atoms. The summed E-state index contributed by atoms with van der Waals surface area (Å²) in [5, 5.41) is 0. The molecule has 7 heteroatoms. The lowest BCUT2D eigenvalue weighted by molar-refractivity contribution is -0.137. The number of hydrogen-bond acceptors (Lipinski definition) is 3. The number of aryl methyl sites for hydroxylation is 2. The van der Waals surface area contributed by atoms with Crippen LogP contribution < -0.4 is 0 Å². The van der Waals surface area contributed by atoms with E-state index in [1.54, 1.807) is 6.07 Å². The van der Waals surface area contributed by atoms with Crippen LogP contribution in [0, 0.1) is 25.7 Å². The van der Waals surface area contributed by atoms with Crippen molar-refractivity contribution in [3.63, 3.8) is 0 Å². The van der Waals surface area contributed by atoms with Crippen LogP contribution in [0.2, 0.25) is 0 Å². The summed E-state index contributed by atoms with van der Waals surface area (Å²) in [5.74, 6) is 1.70. The fraction of sp³-hybridized carbons (Fsp3) is 0.433. The zero-order valence-electron chi connectivity index (χ0n) is 21.9. The maximum atomic E-state index is 13.5. The van der Waals surface area contributed by atoms with Crippen molar-refractivity contribution in [2.45, 2.75) is 46.3 Å². The van der Waals surface area contributed by atoms with E-state index < -0.39 is 11.7 Å². The first kappa shape index (κ1) is 27.0. The number of hydrogen-bond donors (Lipinski definition) is 0. The molecule has 0 unspecified atom stereocenters. The Kier molecular flexibility index (Phi) is 8.12. The van der Waals surface area contributed by atoms with Gasteiger partial charge in [0, 0.05) is 37.7 Å². The molecule has 3 aromatic rings. The molecule has 1 saturated heterocycles. The van der Waals surface area contributed by atoms with Gasteiger partial charge in [0.25, 0.3) is 5.91 Å². The molecule has 1 aliphatic rings. The normalized spacial score (nSPS) is 18.5. The molecule has 0 saturated carbocycles. The summed E-state index contributed by atoms with van der Waals surface area (Å²) in [5.41, 5.74) is 1.72. The van der Waals surface area contributed by atoms with E-state index in [1.807, 2.05) is 55.1 Å². The van der Waals surface area contributed by atoms with E-state index in [0.29, 0.717) is 43.9 Å². The lowest BCUT2D eigenvalue weighted by Gasteiger charge is -2.30. The molecule has 2 atom stereocenters. The Morgan fingerprint density at radius 3 is 2.41 bits per heavy atom. The summed E-state index contributed by atoms with van der Waals surface area (Å²) in [4.78, 5) is 17.6. The van der Waals surface area contributed by atoms with E-state index in [4.69, 9.17) is 4.42 Å². The van der Waals surface area contributed by atoms with Gasteiger partial charge in [-0.25, -0.2) is 0 Å². The minimum Gasteiger partial charge on any atom is -0.465 e. The van der Waals surface area contributed by atoms with Crippen LogP contribution in [0.5, 0.6) is 0 Å². The third-order valence-corrected chi connectivity index (χ3v) is 6.96. The van der Waals surface area contributed by atoms with Crippen LogP contribution in [0.4, 0.5) is 13.2 Å². The minimum atomic E-state index is -4.40. The minimum absolute atomic E-state index is 0.0207. The summed E-state index contributed by atoms with van der Waals surface area (Å²) >= 11 is 0. The summed E-state index contributed by atoms with van der Waals surface area (Å²) < 4.78 is 46.3. The van der Waals surface area contributed by atoms with Gasteiger partial charge in [-0.1, -0.05) is 49.7 Å². The van der Waals surface area contributed by atoms with Gasteiger partial charge in [0.05, 0.1) is 12.1 Å². The Morgan fingerprint density at radius 1 is 1.05 bits per heavy atom. The highest BCUT2D eigenvalue weighted by Gasteiger charge is 2.38. The van der Waals surface area contributed by atoms with Gasteiger partial charge < -0.3 is 9.32 Å². The van der Waals surface area contributed by atoms with Gasteiger partial charge in [-0.15, -0.1) is 0 Å². The van der Waals surface area contributed by atoms with Crippen LogP contribution in [-0.2, 0) is 12.7 Å². The van der Waals surface area contributed by atoms with Crippen LogP contribution in [0.15, 0.2) is 65.1 Å². The highest BCUT2D eigenvalue weighted by Crippen LogP contribution is 2.37. The van der Waals surface area contributed by atoms with Gasteiger partial charge in [-0.3, -0.25) is 9.69 Å². The van der Waals surface area contributed by atoms with Crippen LogP contribution in [0.25, 0.3) is 0 Å². The smallest absolute Gasteiger partial charge is 0.416 e. The second kappa shape index (κ2) is 11.1. The van der Waals surface area contributed by atoms with Crippen LogP contribution in [-0.4, -0.2) is 41.9 Å². The molecule has 0 N–H and O–H groups in total. The van der Waals surface area contributed by atoms with Gasteiger partial charge in [0.2, 0.25) is 0 Å². The molecule has 198 valence electrons. The number of amides is 1. The zero-order valence-corrected chi connectivity index (χ0v) is 21.9. The Hall–Kier alpha value is -3.06. The average molecular weight is 513 g/mol. The zero-order chi connectivity index (χ0) is 26.7. The molecule has 1 aromatic heterocycles. The van der Waals surface area contributed by atoms with Crippen molar-refractivity contribution in [2.24, 2.45) is 11.8 Å². The number of nitrogens with zero attached hydrogens (tertiary/aromatic N) is 2. The van der Waals surface area contributed by atoms with E-state index in [2.05, 4.69) is 18.7 Å². The molecule has 0 bridgehead atoms.